The predicted molar refractivity (Wildman–Crippen MR) is 79.5 cm³/mol. The molecule has 2 N–H and O–H groups in total. The minimum absolute atomic E-state index is 0.0888. The van der Waals surface area contributed by atoms with Crippen LogP contribution in [0.3, 0.4) is 0 Å². The summed E-state index contributed by atoms with van der Waals surface area (Å²) in [6.45, 7) is 1.35. The van der Waals surface area contributed by atoms with Gasteiger partial charge >= 0.3 is 0 Å². The Balaban J connectivity index is 1.91. The number of benzene rings is 1. The number of likely N-dealkylation sites (tertiary alicyclic amines) is 1. The van der Waals surface area contributed by atoms with Gasteiger partial charge in [0, 0.05) is 36.3 Å². The lowest BCUT2D eigenvalue weighted by Crippen LogP contribution is -2.47. The highest BCUT2D eigenvalue weighted by atomic mass is 16.2. The number of fused-ring (bicyclic) bond motifs is 1. The molecule has 1 aliphatic rings. The molecule has 0 bridgehead atoms. The smallest absolute Gasteiger partial charge is 0.254 e. The molecule has 104 valence electrons. The number of carbonyl (C=O) groups is 1. The van der Waals surface area contributed by atoms with Crippen LogP contribution < -0.4 is 5.73 Å². The van der Waals surface area contributed by atoms with Crippen molar-refractivity contribution < 1.29 is 4.79 Å². The van der Waals surface area contributed by atoms with Crippen LogP contribution in [0.2, 0.25) is 0 Å². The standard InChI is InChI=1S/C16H19N3O/c17-11-14-5-1-2-9-19(14)16(20)13-6-7-15-12(10-13)4-3-8-18-15/h3-4,6-8,10,14H,1-2,5,9,11,17H2. The molecule has 20 heavy (non-hydrogen) atoms. The van der Waals surface area contributed by atoms with Crippen molar-refractivity contribution in [2.45, 2.75) is 25.3 Å². The van der Waals surface area contributed by atoms with Gasteiger partial charge in [0.05, 0.1) is 5.52 Å². The van der Waals surface area contributed by atoms with E-state index >= 15 is 0 Å². The maximum absolute atomic E-state index is 12.7. The number of pyridine rings is 1. The van der Waals surface area contributed by atoms with Gasteiger partial charge in [0.15, 0.2) is 0 Å². The summed E-state index contributed by atoms with van der Waals surface area (Å²) < 4.78 is 0. The van der Waals surface area contributed by atoms with Crippen molar-refractivity contribution in [3.05, 3.63) is 42.1 Å². The van der Waals surface area contributed by atoms with E-state index in [-0.39, 0.29) is 11.9 Å². The van der Waals surface area contributed by atoms with Crippen molar-refractivity contribution in [2.75, 3.05) is 13.1 Å². The quantitative estimate of drug-likeness (QED) is 0.909. The molecule has 1 unspecified atom stereocenters. The maximum atomic E-state index is 12.7. The Morgan fingerprint density at radius 1 is 1.35 bits per heavy atom. The van der Waals surface area contributed by atoms with Gasteiger partial charge in [-0.2, -0.15) is 0 Å². The molecule has 4 nitrogen and oxygen atoms in total. The summed E-state index contributed by atoms with van der Waals surface area (Å²) in [7, 11) is 0. The number of nitrogens with zero attached hydrogens (tertiary/aromatic N) is 2. The Morgan fingerprint density at radius 3 is 3.10 bits per heavy atom. The summed E-state index contributed by atoms with van der Waals surface area (Å²) in [5, 5.41) is 1.000. The van der Waals surface area contributed by atoms with Gasteiger partial charge in [-0.15, -0.1) is 0 Å². The van der Waals surface area contributed by atoms with Gasteiger partial charge in [0.2, 0.25) is 0 Å². The summed E-state index contributed by atoms with van der Waals surface area (Å²) in [6.07, 6.45) is 5.00. The van der Waals surface area contributed by atoms with Crippen LogP contribution in [0.4, 0.5) is 0 Å². The molecule has 4 heteroatoms. The van der Waals surface area contributed by atoms with Crippen LogP contribution in [-0.4, -0.2) is 34.9 Å². The number of hydrogen-bond donors (Lipinski definition) is 1. The SMILES string of the molecule is NCC1CCCCN1C(=O)c1ccc2ncccc2c1. The molecular formula is C16H19N3O. The molecule has 0 aliphatic carbocycles. The number of carbonyl (C=O) groups excluding carboxylic acids is 1. The third-order valence-corrected chi connectivity index (χ3v) is 4.01. The Bertz CT molecular complexity index is 626. The van der Waals surface area contributed by atoms with Gasteiger partial charge in [-0.05, 0) is 43.5 Å². The first-order valence-electron chi connectivity index (χ1n) is 7.15. The van der Waals surface area contributed by atoms with E-state index in [1.54, 1.807) is 6.20 Å². The molecule has 0 radical (unpaired) electrons. The molecule has 1 saturated heterocycles. The van der Waals surface area contributed by atoms with Gasteiger partial charge < -0.3 is 10.6 Å². The summed E-state index contributed by atoms with van der Waals surface area (Å²) >= 11 is 0. The lowest BCUT2D eigenvalue weighted by molar-refractivity contribution is 0.0623. The fourth-order valence-electron chi connectivity index (χ4n) is 2.89. The molecule has 1 aromatic carbocycles. The number of amides is 1. The normalized spacial score (nSPS) is 19.2. The molecule has 1 fully saturated rings. The molecule has 1 aliphatic heterocycles. The molecule has 0 spiro atoms. The molecule has 2 aromatic rings. The Labute approximate surface area is 118 Å². The molecule has 1 atom stereocenters. The van der Waals surface area contributed by atoms with E-state index in [9.17, 15) is 4.79 Å². The largest absolute Gasteiger partial charge is 0.334 e. The second kappa shape index (κ2) is 5.59. The van der Waals surface area contributed by atoms with Crippen molar-refractivity contribution in [1.82, 2.24) is 9.88 Å². The zero-order valence-corrected chi connectivity index (χ0v) is 11.5. The van der Waals surface area contributed by atoms with Crippen molar-refractivity contribution in [3.8, 4) is 0 Å². The third kappa shape index (κ3) is 2.39. The van der Waals surface area contributed by atoms with Crippen molar-refractivity contribution in [3.63, 3.8) is 0 Å². The lowest BCUT2D eigenvalue weighted by atomic mass is 10.0. The summed E-state index contributed by atoms with van der Waals surface area (Å²) in [4.78, 5) is 18.9. The minimum atomic E-state index is 0.0888. The first-order chi connectivity index (χ1) is 9.79. The number of piperidine rings is 1. The number of nitrogens with two attached hydrogens (primary N) is 1. The Morgan fingerprint density at radius 2 is 2.25 bits per heavy atom. The van der Waals surface area contributed by atoms with Gasteiger partial charge in [-0.1, -0.05) is 6.07 Å². The van der Waals surface area contributed by atoms with E-state index in [2.05, 4.69) is 4.98 Å². The van der Waals surface area contributed by atoms with Gasteiger partial charge in [0.1, 0.15) is 0 Å². The van der Waals surface area contributed by atoms with Crippen molar-refractivity contribution in [1.29, 1.82) is 0 Å². The summed E-state index contributed by atoms with van der Waals surface area (Å²) in [5.74, 6) is 0.0888. The highest BCUT2D eigenvalue weighted by Crippen LogP contribution is 2.21. The highest BCUT2D eigenvalue weighted by molar-refractivity contribution is 5.98. The minimum Gasteiger partial charge on any atom is -0.334 e. The third-order valence-electron chi connectivity index (χ3n) is 4.01. The number of hydrogen-bond acceptors (Lipinski definition) is 3. The molecule has 0 saturated carbocycles. The van der Waals surface area contributed by atoms with Crippen LogP contribution in [0.1, 0.15) is 29.6 Å². The van der Waals surface area contributed by atoms with E-state index < -0.39 is 0 Å². The summed E-state index contributed by atoms with van der Waals surface area (Å²) in [6, 6.07) is 9.74. The Hall–Kier alpha value is -1.94. The van der Waals surface area contributed by atoms with Crippen LogP contribution in [0.15, 0.2) is 36.5 Å². The van der Waals surface area contributed by atoms with Gasteiger partial charge in [0.25, 0.3) is 5.91 Å². The average Bonchev–Trinajstić information content (AvgIpc) is 2.53. The van der Waals surface area contributed by atoms with E-state index in [1.165, 1.54) is 0 Å². The van der Waals surface area contributed by atoms with Crippen LogP contribution >= 0.6 is 0 Å². The predicted octanol–water partition coefficient (Wildman–Crippen LogP) is 2.19. The fourth-order valence-corrected chi connectivity index (χ4v) is 2.89. The topological polar surface area (TPSA) is 59.2 Å². The van der Waals surface area contributed by atoms with E-state index in [0.29, 0.717) is 6.54 Å². The average molecular weight is 269 g/mol. The van der Waals surface area contributed by atoms with Crippen molar-refractivity contribution >= 4 is 16.8 Å². The maximum Gasteiger partial charge on any atom is 0.254 e. The fraction of sp³-hybridized carbons (Fsp3) is 0.375. The highest BCUT2D eigenvalue weighted by Gasteiger charge is 2.26. The van der Waals surface area contributed by atoms with Gasteiger partial charge in [-0.3, -0.25) is 9.78 Å². The Kier molecular flexibility index (Phi) is 3.65. The molecule has 2 heterocycles. The first-order valence-corrected chi connectivity index (χ1v) is 7.15. The summed E-state index contributed by atoms with van der Waals surface area (Å²) in [5.41, 5.74) is 7.44. The number of aromatic nitrogens is 1. The molecule has 3 rings (SSSR count). The van der Waals surface area contributed by atoms with Gasteiger partial charge in [-0.25, -0.2) is 0 Å². The molecular weight excluding hydrogens is 250 g/mol. The lowest BCUT2D eigenvalue weighted by Gasteiger charge is -2.35. The second-order valence-corrected chi connectivity index (χ2v) is 5.29. The molecule has 1 amide bonds. The second-order valence-electron chi connectivity index (χ2n) is 5.29. The van der Waals surface area contributed by atoms with Crippen LogP contribution in [0.5, 0.6) is 0 Å². The number of rotatable bonds is 2. The van der Waals surface area contributed by atoms with Crippen molar-refractivity contribution in [2.24, 2.45) is 5.73 Å². The van der Waals surface area contributed by atoms with E-state index in [0.717, 1.165) is 42.3 Å². The van der Waals surface area contributed by atoms with E-state index in [4.69, 9.17) is 5.73 Å². The van der Waals surface area contributed by atoms with E-state index in [1.807, 2.05) is 35.2 Å². The monoisotopic (exact) mass is 269 g/mol. The van der Waals surface area contributed by atoms with Crippen LogP contribution in [0, 0.1) is 0 Å². The molecule has 1 aromatic heterocycles. The van der Waals surface area contributed by atoms with Crippen LogP contribution in [0.25, 0.3) is 10.9 Å². The van der Waals surface area contributed by atoms with Crippen LogP contribution in [-0.2, 0) is 0 Å². The zero-order chi connectivity index (χ0) is 13.9. The zero-order valence-electron chi connectivity index (χ0n) is 11.5. The first kappa shape index (κ1) is 13.1.